The molecule has 1 aromatic rings. The number of esters is 1. The van der Waals surface area contributed by atoms with Crippen molar-refractivity contribution in [2.45, 2.75) is 39.2 Å². The van der Waals surface area contributed by atoms with Crippen LogP contribution in [0.5, 0.6) is 5.88 Å². The predicted octanol–water partition coefficient (Wildman–Crippen LogP) is 2.02. The second-order valence-electron chi connectivity index (χ2n) is 4.37. The zero-order chi connectivity index (χ0) is 14.3. The molecule has 0 fully saturated rings. The molecule has 1 rings (SSSR count). The Hall–Kier alpha value is -1.85. The van der Waals surface area contributed by atoms with Gasteiger partial charge in [0.25, 0.3) is 0 Å². The van der Waals surface area contributed by atoms with Gasteiger partial charge < -0.3 is 14.8 Å². The van der Waals surface area contributed by atoms with E-state index in [0.29, 0.717) is 24.7 Å². The van der Waals surface area contributed by atoms with Crippen molar-refractivity contribution < 1.29 is 14.3 Å². The lowest BCUT2D eigenvalue weighted by Gasteiger charge is -2.28. The van der Waals surface area contributed by atoms with E-state index in [0.717, 1.165) is 6.42 Å². The maximum atomic E-state index is 11.9. The van der Waals surface area contributed by atoms with Crippen LogP contribution in [0.4, 0.5) is 5.82 Å². The normalized spacial score (nSPS) is 13.5. The number of ether oxygens (including phenoxy) is 2. The van der Waals surface area contributed by atoms with Crippen LogP contribution in [-0.4, -0.2) is 35.2 Å². The minimum Gasteiger partial charge on any atom is -0.478 e. The van der Waals surface area contributed by atoms with Crippen LogP contribution in [0.25, 0.3) is 0 Å². The first-order valence-corrected chi connectivity index (χ1v) is 6.37. The molecule has 0 aromatic carbocycles. The monoisotopic (exact) mass is 267 g/mol. The molecule has 1 aromatic heterocycles. The molecule has 0 aliphatic rings. The van der Waals surface area contributed by atoms with Gasteiger partial charge in [-0.15, -0.1) is 0 Å². The third-order valence-electron chi connectivity index (χ3n) is 2.72. The van der Waals surface area contributed by atoms with Crippen molar-refractivity contribution in [2.24, 2.45) is 0 Å². The van der Waals surface area contributed by atoms with Gasteiger partial charge in [-0.05, 0) is 20.3 Å². The number of nitrogens with zero attached hydrogens (tertiary/aromatic N) is 2. The predicted molar refractivity (Wildman–Crippen MR) is 72.2 cm³/mol. The number of hydrogen-bond donors (Lipinski definition) is 1. The first-order chi connectivity index (χ1) is 9.05. The van der Waals surface area contributed by atoms with Crippen LogP contribution < -0.4 is 10.1 Å². The average Bonchev–Trinajstić information content (AvgIpc) is 2.38. The summed E-state index contributed by atoms with van der Waals surface area (Å²) in [6.45, 7) is 6.21. The Kier molecular flexibility index (Phi) is 5.54. The molecule has 6 heteroatoms. The maximum absolute atomic E-state index is 11.9. The van der Waals surface area contributed by atoms with E-state index in [1.54, 1.807) is 13.0 Å². The van der Waals surface area contributed by atoms with Crippen LogP contribution in [0.2, 0.25) is 0 Å². The van der Waals surface area contributed by atoms with Crippen molar-refractivity contribution in [1.29, 1.82) is 0 Å². The Morgan fingerprint density at radius 2 is 2.16 bits per heavy atom. The lowest BCUT2D eigenvalue weighted by Crippen LogP contribution is -2.44. The van der Waals surface area contributed by atoms with Crippen LogP contribution in [0.1, 0.15) is 33.6 Å². The van der Waals surface area contributed by atoms with Gasteiger partial charge in [-0.25, -0.2) is 14.8 Å². The smallest absolute Gasteiger partial charge is 0.331 e. The number of methoxy groups -OCH3 is 1. The summed E-state index contributed by atoms with van der Waals surface area (Å²) >= 11 is 0. The lowest BCUT2D eigenvalue weighted by molar-refractivity contribution is -0.145. The number of nitrogens with one attached hydrogen (secondary N) is 1. The third-order valence-corrected chi connectivity index (χ3v) is 2.72. The molecule has 0 spiro atoms. The molecule has 106 valence electrons. The number of carbonyl (C=O) groups excluding carboxylic acids is 1. The summed E-state index contributed by atoms with van der Waals surface area (Å²) < 4.78 is 10.1. The molecular weight excluding hydrogens is 246 g/mol. The van der Waals surface area contributed by atoms with E-state index in [-0.39, 0.29) is 5.97 Å². The number of rotatable bonds is 7. The van der Waals surface area contributed by atoms with Crippen molar-refractivity contribution in [3.8, 4) is 5.88 Å². The van der Waals surface area contributed by atoms with Crippen LogP contribution in [0.3, 0.4) is 0 Å². The number of hydrogen-bond acceptors (Lipinski definition) is 6. The average molecular weight is 267 g/mol. The van der Waals surface area contributed by atoms with Gasteiger partial charge in [0.15, 0.2) is 0 Å². The molecule has 0 amide bonds. The highest BCUT2D eigenvalue weighted by atomic mass is 16.5. The minimum absolute atomic E-state index is 0.314. The van der Waals surface area contributed by atoms with Gasteiger partial charge in [-0.3, -0.25) is 0 Å². The molecule has 0 aliphatic carbocycles. The maximum Gasteiger partial charge on any atom is 0.331 e. The molecule has 0 bridgehead atoms. The molecule has 1 unspecified atom stereocenters. The van der Waals surface area contributed by atoms with E-state index in [1.165, 1.54) is 13.4 Å². The topological polar surface area (TPSA) is 73.3 Å². The van der Waals surface area contributed by atoms with Crippen molar-refractivity contribution in [3.63, 3.8) is 0 Å². The lowest BCUT2D eigenvalue weighted by atomic mass is 9.96. The van der Waals surface area contributed by atoms with Gasteiger partial charge in [-0.2, -0.15) is 0 Å². The highest BCUT2D eigenvalue weighted by Crippen LogP contribution is 2.21. The molecule has 19 heavy (non-hydrogen) atoms. The first-order valence-electron chi connectivity index (χ1n) is 6.37. The number of carbonyl (C=O) groups is 1. The molecule has 0 saturated carbocycles. The summed E-state index contributed by atoms with van der Waals surface area (Å²) in [5, 5.41) is 3.10. The summed E-state index contributed by atoms with van der Waals surface area (Å²) in [4.78, 5) is 20.0. The molecule has 1 heterocycles. The molecule has 6 nitrogen and oxygen atoms in total. The van der Waals surface area contributed by atoms with Crippen LogP contribution in [-0.2, 0) is 9.53 Å². The molecule has 1 N–H and O–H groups in total. The van der Waals surface area contributed by atoms with Crippen molar-refractivity contribution in [1.82, 2.24) is 9.97 Å². The zero-order valence-corrected chi connectivity index (χ0v) is 11.9. The van der Waals surface area contributed by atoms with E-state index in [1.807, 2.05) is 13.8 Å². The molecule has 0 aliphatic heterocycles. The minimum atomic E-state index is -0.804. The summed E-state index contributed by atoms with van der Waals surface area (Å²) in [5.74, 6) is 0.703. The van der Waals surface area contributed by atoms with Gasteiger partial charge in [0.1, 0.15) is 17.7 Å². The summed E-state index contributed by atoms with van der Waals surface area (Å²) in [6.07, 6.45) is 2.90. The Morgan fingerprint density at radius 3 is 2.74 bits per heavy atom. The quantitative estimate of drug-likeness (QED) is 0.762. The molecule has 1 atom stereocenters. The van der Waals surface area contributed by atoms with Gasteiger partial charge in [0.05, 0.1) is 13.7 Å². The van der Waals surface area contributed by atoms with E-state index in [4.69, 9.17) is 9.47 Å². The molecule has 0 radical (unpaired) electrons. The Bertz CT molecular complexity index is 425. The van der Waals surface area contributed by atoms with Crippen LogP contribution in [0, 0.1) is 0 Å². The highest BCUT2D eigenvalue weighted by molar-refractivity contribution is 5.83. The number of anilines is 1. The zero-order valence-electron chi connectivity index (χ0n) is 11.9. The standard InChI is InChI=1S/C13H21N3O3/c1-5-7-13(3,12(17)18-4)16-10-8-11(19-6-2)15-9-14-10/h8-9H,5-7H2,1-4H3,(H,14,15,16). The van der Waals surface area contributed by atoms with Crippen LogP contribution >= 0.6 is 0 Å². The Morgan fingerprint density at radius 1 is 1.42 bits per heavy atom. The fraction of sp³-hybridized carbons (Fsp3) is 0.615. The second kappa shape index (κ2) is 6.92. The van der Waals surface area contributed by atoms with Crippen molar-refractivity contribution in [3.05, 3.63) is 12.4 Å². The summed E-state index contributed by atoms with van der Waals surface area (Å²) in [6, 6.07) is 1.67. The van der Waals surface area contributed by atoms with Gasteiger partial charge in [0, 0.05) is 6.07 Å². The van der Waals surface area contributed by atoms with Gasteiger partial charge >= 0.3 is 5.97 Å². The van der Waals surface area contributed by atoms with Crippen LogP contribution in [0.15, 0.2) is 12.4 Å². The first kappa shape index (κ1) is 15.2. The highest BCUT2D eigenvalue weighted by Gasteiger charge is 2.33. The van der Waals surface area contributed by atoms with Gasteiger partial charge in [0.2, 0.25) is 5.88 Å². The second-order valence-corrected chi connectivity index (χ2v) is 4.37. The number of aromatic nitrogens is 2. The SMILES string of the molecule is CCCC(C)(Nc1cc(OCC)ncn1)C(=O)OC. The van der Waals surface area contributed by atoms with E-state index >= 15 is 0 Å². The van der Waals surface area contributed by atoms with E-state index < -0.39 is 5.54 Å². The largest absolute Gasteiger partial charge is 0.478 e. The van der Waals surface area contributed by atoms with Crippen molar-refractivity contribution >= 4 is 11.8 Å². The summed E-state index contributed by atoms with van der Waals surface area (Å²) in [5.41, 5.74) is -0.804. The van der Waals surface area contributed by atoms with Crippen molar-refractivity contribution in [2.75, 3.05) is 19.0 Å². The fourth-order valence-corrected chi connectivity index (χ4v) is 1.86. The molecule has 0 saturated heterocycles. The van der Waals surface area contributed by atoms with E-state index in [9.17, 15) is 4.79 Å². The Balaban J connectivity index is 2.90. The van der Waals surface area contributed by atoms with Gasteiger partial charge in [-0.1, -0.05) is 13.3 Å². The summed E-state index contributed by atoms with van der Waals surface area (Å²) in [7, 11) is 1.38. The Labute approximate surface area is 113 Å². The molecular formula is C13H21N3O3. The third kappa shape index (κ3) is 4.08. The van der Waals surface area contributed by atoms with E-state index in [2.05, 4.69) is 15.3 Å². The fourth-order valence-electron chi connectivity index (χ4n) is 1.86.